The van der Waals surface area contributed by atoms with Crippen molar-refractivity contribution in [1.29, 1.82) is 0 Å². The van der Waals surface area contributed by atoms with Gasteiger partial charge in [-0.1, -0.05) is 19.9 Å². The largest absolute Gasteiger partial charge is 0.491 e. The topological polar surface area (TPSA) is 104 Å². The minimum atomic E-state index is -3.89. The Morgan fingerprint density at radius 1 is 1.06 bits per heavy atom. The van der Waals surface area contributed by atoms with Crippen molar-refractivity contribution in [1.82, 2.24) is 9.21 Å². The number of piperazine rings is 1. The molecule has 1 fully saturated rings. The molecule has 1 N–H and O–H groups in total. The van der Waals surface area contributed by atoms with Crippen LogP contribution in [0.4, 0.5) is 8.78 Å². The number of amides is 1. The molecular weight excluding hydrogens is 482 g/mol. The number of carbonyl (C=O) groups excluding carboxylic acids is 1. The van der Waals surface area contributed by atoms with Crippen LogP contribution < -0.4 is 4.74 Å². The lowest BCUT2D eigenvalue weighted by molar-refractivity contribution is -0.142. The summed E-state index contributed by atoms with van der Waals surface area (Å²) >= 11 is 0. The molecule has 1 heterocycles. The molecule has 1 amide bonds. The van der Waals surface area contributed by atoms with E-state index in [1.807, 2.05) is 0 Å². The summed E-state index contributed by atoms with van der Waals surface area (Å²) in [7, 11) is -3.89. The van der Waals surface area contributed by atoms with Gasteiger partial charge in [0.1, 0.15) is 5.82 Å². The van der Waals surface area contributed by atoms with Crippen molar-refractivity contribution in [2.45, 2.75) is 31.6 Å². The number of hydrogen-bond donors (Lipinski definition) is 1. The van der Waals surface area contributed by atoms with E-state index in [1.165, 1.54) is 28.6 Å². The van der Waals surface area contributed by atoms with E-state index in [-0.39, 0.29) is 54.9 Å². The summed E-state index contributed by atoms with van der Waals surface area (Å²) in [6.45, 7) is 4.32. The van der Waals surface area contributed by atoms with Crippen molar-refractivity contribution in [3.8, 4) is 5.75 Å². The third-order valence-corrected chi connectivity index (χ3v) is 7.82. The standard InChI is InChI=1S/C24H28F2N2O6S/c1-24(2,9-4-14-34-21-8-7-18(25)16-20(21)26)23(31)27-10-12-28(13-11-27)35(32,33)19-6-3-5-17(15-19)22(29)30/h3,5-8,15-16H,4,9-14H2,1-2H3,(H,29,30). The van der Waals surface area contributed by atoms with Crippen LogP contribution in [-0.4, -0.2) is 67.4 Å². The van der Waals surface area contributed by atoms with Crippen LogP contribution in [0.3, 0.4) is 0 Å². The minimum absolute atomic E-state index is 0.0539. The van der Waals surface area contributed by atoms with Crippen molar-refractivity contribution in [3.63, 3.8) is 0 Å². The second-order valence-electron chi connectivity index (χ2n) is 8.94. The molecule has 0 unspecified atom stereocenters. The van der Waals surface area contributed by atoms with Crippen LogP contribution in [0.5, 0.6) is 5.75 Å². The van der Waals surface area contributed by atoms with E-state index in [0.29, 0.717) is 12.8 Å². The van der Waals surface area contributed by atoms with E-state index in [0.717, 1.165) is 18.2 Å². The summed E-state index contributed by atoms with van der Waals surface area (Å²) < 4.78 is 59.1. The Bertz CT molecular complexity index is 1190. The highest BCUT2D eigenvalue weighted by Crippen LogP contribution is 2.28. The zero-order valence-corrected chi connectivity index (χ0v) is 20.4. The van der Waals surface area contributed by atoms with Gasteiger partial charge in [-0.2, -0.15) is 4.31 Å². The van der Waals surface area contributed by atoms with Gasteiger partial charge < -0.3 is 14.7 Å². The van der Waals surface area contributed by atoms with Crippen LogP contribution in [-0.2, 0) is 14.8 Å². The van der Waals surface area contributed by atoms with E-state index >= 15 is 0 Å². The first kappa shape index (κ1) is 26.6. The van der Waals surface area contributed by atoms with Crippen molar-refractivity contribution in [3.05, 3.63) is 59.7 Å². The lowest BCUT2D eigenvalue weighted by Gasteiger charge is -2.38. The van der Waals surface area contributed by atoms with Crippen molar-refractivity contribution in [2.75, 3.05) is 32.8 Å². The summed E-state index contributed by atoms with van der Waals surface area (Å²) in [4.78, 5) is 25.8. The lowest BCUT2D eigenvalue weighted by atomic mass is 9.86. The number of carboxylic acid groups (broad SMARTS) is 1. The third kappa shape index (κ3) is 6.34. The predicted molar refractivity (Wildman–Crippen MR) is 124 cm³/mol. The quantitative estimate of drug-likeness (QED) is 0.519. The van der Waals surface area contributed by atoms with Crippen molar-refractivity contribution >= 4 is 21.9 Å². The zero-order valence-electron chi connectivity index (χ0n) is 19.5. The number of rotatable bonds is 9. The number of sulfonamides is 1. The van der Waals surface area contributed by atoms with E-state index in [9.17, 15) is 26.8 Å². The highest BCUT2D eigenvalue weighted by Gasteiger charge is 2.36. The van der Waals surface area contributed by atoms with Crippen molar-refractivity contribution in [2.24, 2.45) is 5.41 Å². The first-order chi connectivity index (χ1) is 16.4. The third-order valence-electron chi connectivity index (χ3n) is 5.92. The molecule has 35 heavy (non-hydrogen) atoms. The molecule has 1 aliphatic heterocycles. The fourth-order valence-electron chi connectivity index (χ4n) is 3.89. The van der Waals surface area contributed by atoms with Gasteiger partial charge in [-0.25, -0.2) is 22.0 Å². The highest BCUT2D eigenvalue weighted by atomic mass is 32.2. The normalized spacial score (nSPS) is 15.1. The molecule has 0 radical (unpaired) electrons. The second kappa shape index (κ2) is 10.7. The molecule has 0 aromatic heterocycles. The van der Waals surface area contributed by atoms with Crippen LogP contribution in [0, 0.1) is 17.0 Å². The molecule has 190 valence electrons. The second-order valence-corrected chi connectivity index (χ2v) is 10.9. The Kier molecular flexibility index (Phi) is 8.11. The summed E-state index contributed by atoms with van der Waals surface area (Å²) in [5, 5.41) is 9.12. The SMILES string of the molecule is CC(C)(CCCOc1ccc(F)cc1F)C(=O)N1CCN(S(=O)(=O)c2cccc(C(=O)O)c2)CC1. The fourth-order valence-corrected chi connectivity index (χ4v) is 5.36. The lowest BCUT2D eigenvalue weighted by Crippen LogP contribution is -2.53. The summed E-state index contributed by atoms with van der Waals surface area (Å²) in [5.74, 6) is -2.88. The number of hydrogen-bond acceptors (Lipinski definition) is 5. The van der Waals surface area contributed by atoms with Crippen LogP contribution >= 0.6 is 0 Å². The number of carbonyl (C=O) groups is 2. The van der Waals surface area contributed by atoms with Gasteiger partial charge in [0.05, 0.1) is 17.1 Å². The Morgan fingerprint density at radius 3 is 2.37 bits per heavy atom. The number of nitrogens with zero attached hydrogens (tertiary/aromatic N) is 2. The van der Waals surface area contributed by atoms with Crippen LogP contribution in [0.15, 0.2) is 47.4 Å². The van der Waals surface area contributed by atoms with Crippen LogP contribution in [0.1, 0.15) is 37.0 Å². The summed E-state index contributed by atoms with van der Waals surface area (Å²) in [6.07, 6.45) is 0.916. The smallest absolute Gasteiger partial charge is 0.335 e. The predicted octanol–water partition coefficient (Wildman–Crippen LogP) is 3.38. The van der Waals surface area contributed by atoms with E-state index in [2.05, 4.69) is 0 Å². The van der Waals surface area contributed by atoms with Gasteiger partial charge in [0.15, 0.2) is 11.6 Å². The first-order valence-corrected chi connectivity index (χ1v) is 12.6. The molecule has 0 saturated carbocycles. The molecule has 3 rings (SSSR count). The van der Waals surface area contributed by atoms with Gasteiger partial charge in [0.25, 0.3) is 0 Å². The molecule has 0 spiro atoms. The van der Waals surface area contributed by atoms with E-state index in [1.54, 1.807) is 18.7 Å². The van der Waals surface area contributed by atoms with Gasteiger partial charge in [-0.15, -0.1) is 0 Å². The van der Waals surface area contributed by atoms with Gasteiger partial charge in [0.2, 0.25) is 15.9 Å². The maximum atomic E-state index is 13.7. The molecular formula is C24H28F2N2O6S. The van der Waals surface area contributed by atoms with Crippen LogP contribution in [0.2, 0.25) is 0 Å². The highest BCUT2D eigenvalue weighted by molar-refractivity contribution is 7.89. The summed E-state index contributed by atoms with van der Waals surface area (Å²) in [6, 6.07) is 8.24. The molecule has 0 aliphatic carbocycles. The Balaban J connectivity index is 1.53. The molecule has 2 aromatic carbocycles. The van der Waals surface area contributed by atoms with E-state index in [4.69, 9.17) is 9.84 Å². The molecule has 8 nitrogen and oxygen atoms in total. The number of benzene rings is 2. The van der Waals surface area contributed by atoms with Gasteiger partial charge in [-0.05, 0) is 43.2 Å². The first-order valence-electron chi connectivity index (χ1n) is 11.1. The molecule has 0 atom stereocenters. The molecule has 11 heteroatoms. The number of carboxylic acids is 1. The summed E-state index contributed by atoms with van der Waals surface area (Å²) in [5.41, 5.74) is -0.866. The Labute approximate surface area is 203 Å². The van der Waals surface area contributed by atoms with Gasteiger partial charge in [-0.3, -0.25) is 4.79 Å². The van der Waals surface area contributed by atoms with Gasteiger partial charge >= 0.3 is 5.97 Å². The van der Waals surface area contributed by atoms with Crippen molar-refractivity contribution < 1.29 is 36.6 Å². The maximum Gasteiger partial charge on any atom is 0.335 e. The number of ether oxygens (including phenoxy) is 1. The van der Waals surface area contributed by atoms with E-state index < -0.39 is 33.0 Å². The molecule has 2 aromatic rings. The molecule has 0 bridgehead atoms. The molecule has 1 aliphatic rings. The maximum absolute atomic E-state index is 13.7. The van der Waals surface area contributed by atoms with Crippen LogP contribution in [0.25, 0.3) is 0 Å². The Hall–Kier alpha value is -3.05. The fraction of sp³-hybridized carbons (Fsp3) is 0.417. The van der Waals surface area contributed by atoms with Gasteiger partial charge in [0, 0.05) is 37.7 Å². The molecule has 1 saturated heterocycles. The number of halogens is 2. The monoisotopic (exact) mass is 510 g/mol. The Morgan fingerprint density at radius 2 is 1.74 bits per heavy atom. The minimum Gasteiger partial charge on any atom is -0.491 e. The average Bonchev–Trinajstić information content (AvgIpc) is 2.82. The average molecular weight is 511 g/mol. The number of aromatic carboxylic acids is 1. The zero-order chi connectivity index (χ0) is 25.8.